The maximum atomic E-state index is 13.0. The molecular weight excluding hydrogens is 484 g/mol. The normalized spacial score (nSPS) is 17.5. The molecule has 0 spiro atoms. The van der Waals surface area contributed by atoms with Crippen molar-refractivity contribution in [2.24, 2.45) is 0 Å². The van der Waals surface area contributed by atoms with E-state index >= 15 is 0 Å². The molecular formula is C26H33BrN2O4. The van der Waals surface area contributed by atoms with E-state index in [4.69, 9.17) is 4.74 Å². The van der Waals surface area contributed by atoms with Crippen molar-refractivity contribution in [1.29, 1.82) is 0 Å². The third kappa shape index (κ3) is 7.70. The minimum absolute atomic E-state index is 0.0670. The number of carbonyl (C=O) groups excluding carboxylic acids is 3. The summed E-state index contributed by atoms with van der Waals surface area (Å²) in [5.41, 5.74) is 1.25. The number of amides is 3. The monoisotopic (exact) mass is 516 g/mol. The highest BCUT2D eigenvalue weighted by molar-refractivity contribution is 9.10. The van der Waals surface area contributed by atoms with Gasteiger partial charge in [-0.25, -0.2) is 4.79 Å². The molecule has 1 atom stereocenters. The van der Waals surface area contributed by atoms with Crippen LogP contribution in [0.3, 0.4) is 0 Å². The first-order valence-electron chi connectivity index (χ1n) is 11.3. The molecule has 1 aliphatic heterocycles. The number of alkyl carbamates (subject to hydrolysis) is 1. The number of hydrogen-bond donors (Lipinski definition) is 1. The first-order chi connectivity index (χ1) is 15.6. The lowest BCUT2D eigenvalue weighted by atomic mass is 10.0. The summed E-state index contributed by atoms with van der Waals surface area (Å²) >= 11 is 3.41. The molecule has 3 amide bonds. The lowest BCUT2D eigenvalue weighted by molar-refractivity contribution is -0.138. The summed E-state index contributed by atoms with van der Waals surface area (Å²) in [5.74, 6) is -0.624. The zero-order valence-electron chi connectivity index (χ0n) is 20.0. The summed E-state index contributed by atoms with van der Waals surface area (Å²) in [4.78, 5) is 39.6. The van der Waals surface area contributed by atoms with Gasteiger partial charge in [-0.1, -0.05) is 66.2 Å². The summed E-state index contributed by atoms with van der Waals surface area (Å²) < 4.78 is 6.34. The van der Waals surface area contributed by atoms with E-state index in [9.17, 15) is 14.4 Å². The highest BCUT2D eigenvalue weighted by Gasteiger charge is 2.38. The maximum Gasteiger partial charge on any atom is 0.407 e. The summed E-state index contributed by atoms with van der Waals surface area (Å²) in [6.45, 7) is 9.42. The fourth-order valence-corrected chi connectivity index (χ4v) is 3.77. The van der Waals surface area contributed by atoms with Gasteiger partial charge in [-0.15, -0.1) is 0 Å². The van der Waals surface area contributed by atoms with Crippen LogP contribution < -0.4 is 5.32 Å². The van der Waals surface area contributed by atoms with Crippen LogP contribution in [-0.4, -0.2) is 41.0 Å². The lowest BCUT2D eigenvalue weighted by Crippen LogP contribution is -2.48. The van der Waals surface area contributed by atoms with Gasteiger partial charge in [-0.3, -0.25) is 14.5 Å². The molecule has 1 heterocycles. The van der Waals surface area contributed by atoms with Crippen LogP contribution in [0.1, 0.15) is 53.0 Å². The summed E-state index contributed by atoms with van der Waals surface area (Å²) in [7, 11) is 0. The third-order valence-corrected chi connectivity index (χ3v) is 5.40. The minimum Gasteiger partial charge on any atom is -0.444 e. The SMILES string of the molecule is CC.CC(C)(C)OC(=O)N[C@@H](Cc1ccc(Br)cc1)CN1C(=O)C2=C(C/C=C\CC=C2)C1=O. The average Bonchev–Trinajstić information content (AvgIpc) is 2.92. The van der Waals surface area contributed by atoms with E-state index in [1.807, 2.05) is 56.3 Å². The van der Waals surface area contributed by atoms with Crippen molar-refractivity contribution in [3.05, 3.63) is 69.8 Å². The largest absolute Gasteiger partial charge is 0.444 e. The van der Waals surface area contributed by atoms with Gasteiger partial charge >= 0.3 is 6.09 Å². The molecule has 0 saturated heterocycles. The van der Waals surface area contributed by atoms with E-state index in [1.54, 1.807) is 26.8 Å². The molecule has 0 saturated carbocycles. The minimum atomic E-state index is -0.653. The molecule has 0 fully saturated rings. The summed E-state index contributed by atoms with van der Waals surface area (Å²) in [5, 5.41) is 2.84. The zero-order valence-corrected chi connectivity index (χ0v) is 21.6. The number of rotatable bonds is 5. The van der Waals surface area contributed by atoms with E-state index in [1.165, 1.54) is 4.90 Å². The zero-order chi connectivity index (χ0) is 24.6. The molecule has 1 aliphatic carbocycles. The predicted octanol–water partition coefficient (Wildman–Crippen LogP) is 5.48. The van der Waals surface area contributed by atoms with Crippen LogP contribution in [-0.2, 0) is 20.7 Å². The van der Waals surface area contributed by atoms with Crippen LogP contribution in [0.4, 0.5) is 4.79 Å². The topological polar surface area (TPSA) is 75.7 Å². The highest BCUT2D eigenvalue weighted by Crippen LogP contribution is 2.27. The Morgan fingerprint density at radius 1 is 1.09 bits per heavy atom. The summed E-state index contributed by atoms with van der Waals surface area (Å²) in [6, 6.07) is 7.21. The van der Waals surface area contributed by atoms with E-state index in [0.717, 1.165) is 16.5 Å². The summed E-state index contributed by atoms with van der Waals surface area (Å²) in [6.07, 6.45) is 8.50. The van der Waals surface area contributed by atoms with Crippen molar-refractivity contribution in [2.45, 2.75) is 65.5 Å². The number of hydrogen-bond acceptors (Lipinski definition) is 4. The van der Waals surface area contributed by atoms with Crippen molar-refractivity contribution in [3.8, 4) is 0 Å². The van der Waals surface area contributed by atoms with Gasteiger partial charge in [0.2, 0.25) is 0 Å². The van der Waals surface area contributed by atoms with E-state index < -0.39 is 17.7 Å². The standard InChI is InChI=1S/C24H27BrN2O4.C2H6/c1-24(2,3)31-23(30)26-18(14-16-10-12-17(25)13-11-16)15-27-21(28)19-8-6-4-5-7-9-20(19)22(27)29;1-2/h4,6-7,9-13,18H,5,8,14-15H2,1-3H3,(H,26,30);1-2H3/b6-4-,9-7?;/t18-;/m0./s1. The van der Waals surface area contributed by atoms with E-state index in [0.29, 0.717) is 24.0 Å². The Bertz CT molecular complexity index is 955. The Hall–Kier alpha value is -2.67. The number of carbonyl (C=O) groups is 3. The van der Waals surface area contributed by atoms with Crippen LogP contribution in [0.25, 0.3) is 0 Å². The van der Waals surface area contributed by atoms with Crippen molar-refractivity contribution < 1.29 is 19.1 Å². The van der Waals surface area contributed by atoms with Gasteiger partial charge < -0.3 is 10.1 Å². The van der Waals surface area contributed by atoms with Crippen molar-refractivity contribution in [3.63, 3.8) is 0 Å². The number of nitrogens with zero attached hydrogens (tertiary/aromatic N) is 1. The number of ether oxygens (including phenoxy) is 1. The number of allylic oxidation sites excluding steroid dienone is 3. The highest BCUT2D eigenvalue weighted by atomic mass is 79.9. The van der Waals surface area contributed by atoms with Crippen molar-refractivity contribution >= 4 is 33.8 Å². The predicted molar refractivity (Wildman–Crippen MR) is 134 cm³/mol. The molecule has 3 rings (SSSR count). The Kier molecular flexibility index (Phi) is 9.65. The molecule has 1 aromatic carbocycles. The fourth-order valence-electron chi connectivity index (χ4n) is 3.50. The molecule has 1 N–H and O–H groups in total. The van der Waals surface area contributed by atoms with Gasteiger partial charge in [0.05, 0.1) is 6.04 Å². The first-order valence-corrected chi connectivity index (χ1v) is 12.1. The Balaban J connectivity index is 0.00000187. The molecule has 178 valence electrons. The lowest BCUT2D eigenvalue weighted by Gasteiger charge is -2.26. The maximum absolute atomic E-state index is 13.0. The third-order valence-electron chi connectivity index (χ3n) is 4.87. The molecule has 6 nitrogen and oxygen atoms in total. The molecule has 0 aromatic heterocycles. The second-order valence-corrected chi connectivity index (χ2v) is 9.52. The van der Waals surface area contributed by atoms with Crippen LogP contribution in [0.15, 0.2) is 64.2 Å². The molecule has 0 bridgehead atoms. The average molecular weight is 517 g/mol. The number of halogens is 1. The molecule has 2 aliphatic rings. The van der Waals surface area contributed by atoms with Crippen LogP contribution in [0.2, 0.25) is 0 Å². The number of benzene rings is 1. The van der Waals surface area contributed by atoms with E-state index in [-0.39, 0.29) is 18.4 Å². The Morgan fingerprint density at radius 2 is 1.76 bits per heavy atom. The van der Waals surface area contributed by atoms with Crippen LogP contribution in [0.5, 0.6) is 0 Å². The quantitative estimate of drug-likeness (QED) is 0.415. The van der Waals surface area contributed by atoms with Gasteiger partial charge in [0.1, 0.15) is 5.60 Å². The van der Waals surface area contributed by atoms with Crippen molar-refractivity contribution in [2.75, 3.05) is 6.54 Å². The molecule has 0 unspecified atom stereocenters. The molecule has 1 aromatic rings. The van der Waals surface area contributed by atoms with Gasteiger partial charge in [0.15, 0.2) is 0 Å². The van der Waals surface area contributed by atoms with Crippen LogP contribution in [0, 0.1) is 0 Å². The first kappa shape index (κ1) is 26.6. The van der Waals surface area contributed by atoms with Gasteiger partial charge in [-0.2, -0.15) is 0 Å². The number of imide groups is 1. The van der Waals surface area contributed by atoms with E-state index in [2.05, 4.69) is 21.2 Å². The molecule has 33 heavy (non-hydrogen) atoms. The Labute approximate surface area is 204 Å². The second kappa shape index (κ2) is 12.0. The van der Waals surface area contributed by atoms with Gasteiger partial charge in [0.25, 0.3) is 11.8 Å². The Morgan fingerprint density at radius 3 is 2.39 bits per heavy atom. The number of nitrogens with one attached hydrogen (secondary N) is 1. The molecule has 7 heteroatoms. The smallest absolute Gasteiger partial charge is 0.407 e. The van der Waals surface area contributed by atoms with Gasteiger partial charge in [-0.05, 0) is 57.7 Å². The van der Waals surface area contributed by atoms with Gasteiger partial charge in [0, 0.05) is 22.2 Å². The molecule has 0 radical (unpaired) electrons. The second-order valence-electron chi connectivity index (χ2n) is 8.60. The fraction of sp³-hybridized carbons (Fsp3) is 0.423. The van der Waals surface area contributed by atoms with Crippen LogP contribution >= 0.6 is 15.9 Å². The van der Waals surface area contributed by atoms with Crippen molar-refractivity contribution in [1.82, 2.24) is 10.2 Å².